The number of hydrogen-bond donors (Lipinski definition) is 3. The number of aliphatic imine (C=N–C) groups is 1. The molecule has 4 rings (SSSR count). The van der Waals surface area contributed by atoms with Gasteiger partial charge in [0.15, 0.2) is 5.96 Å². The lowest BCUT2D eigenvalue weighted by atomic mass is 10.1. The smallest absolute Gasteiger partial charge is 0.191 e. The number of guanidine groups is 1. The minimum absolute atomic E-state index is 0. The molecule has 3 N–H and O–H groups in total. The van der Waals surface area contributed by atoms with E-state index in [1.165, 1.54) is 22.0 Å². The number of benzene rings is 1. The molecule has 1 aliphatic heterocycles. The lowest BCUT2D eigenvalue weighted by Gasteiger charge is -2.32. The summed E-state index contributed by atoms with van der Waals surface area (Å²) >= 11 is 0. The van der Waals surface area contributed by atoms with Crippen molar-refractivity contribution in [2.75, 3.05) is 37.7 Å². The first-order chi connectivity index (χ1) is 15.6. The quantitative estimate of drug-likeness (QED) is 0.231. The van der Waals surface area contributed by atoms with Crippen LogP contribution in [0, 0.1) is 6.92 Å². The molecule has 7 nitrogen and oxygen atoms in total. The van der Waals surface area contributed by atoms with Crippen molar-refractivity contribution >= 4 is 46.7 Å². The van der Waals surface area contributed by atoms with E-state index in [9.17, 15) is 0 Å². The molecule has 33 heavy (non-hydrogen) atoms. The van der Waals surface area contributed by atoms with E-state index in [-0.39, 0.29) is 30.1 Å². The van der Waals surface area contributed by atoms with E-state index in [1.54, 1.807) is 0 Å². The summed E-state index contributed by atoms with van der Waals surface area (Å²) in [5.41, 5.74) is 4.99. The average molecular weight is 563 g/mol. The Bertz CT molecular complexity index is 1070. The van der Waals surface area contributed by atoms with E-state index in [4.69, 9.17) is 9.73 Å². The van der Waals surface area contributed by atoms with Crippen molar-refractivity contribution < 1.29 is 4.74 Å². The third-order valence-electron chi connectivity index (χ3n) is 5.82. The van der Waals surface area contributed by atoms with Crippen LogP contribution in [0.25, 0.3) is 10.9 Å². The van der Waals surface area contributed by atoms with Gasteiger partial charge in [-0.2, -0.15) is 0 Å². The summed E-state index contributed by atoms with van der Waals surface area (Å²) in [7, 11) is 0. The lowest BCUT2D eigenvalue weighted by molar-refractivity contribution is 0.0529. The Kier molecular flexibility index (Phi) is 9.37. The standard InChI is InChI=1S/C25H34N6O.HI/c1-4-26-25(28-11-9-21-16-29-22-7-5-6-18(2)24(21)22)30-15-20-8-10-27-23(14-20)31-12-13-32-19(3)17-31;/h5-8,10,14,16,19,29H,4,9,11-13,15,17H2,1-3H3,(H2,26,28,30);1H. The van der Waals surface area contributed by atoms with Crippen molar-refractivity contribution in [2.45, 2.75) is 39.8 Å². The van der Waals surface area contributed by atoms with E-state index >= 15 is 0 Å². The molecule has 8 heteroatoms. The molecule has 178 valence electrons. The molecule has 0 radical (unpaired) electrons. The van der Waals surface area contributed by atoms with Gasteiger partial charge in [0.1, 0.15) is 5.82 Å². The zero-order chi connectivity index (χ0) is 22.3. The van der Waals surface area contributed by atoms with Crippen molar-refractivity contribution in [3.63, 3.8) is 0 Å². The zero-order valence-electron chi connectivity index (χ0n) is 19.7. The Morgan fingerprint density at radius 1 is 1.30 bits per heavy atom. The lowest BCUT2D eigenvalue weighted by Crippen LogP contribution is -2.41. The zero-order valence-corrected chi connectivity index (χ0v) is 22.1. The minimum Gasteiger partial charge on any atom is -0.375 e. The molecule has 0 spiro atoms. The van der Waals surface area contributed by atoms with Gasteiger partial charge in [-0.25, -0.2) is 9.98 Å². The molecule has 1 unspecified atom stereocenters. The Morgan fingerprint density at radius 2 is 2.18 bits per heavy atom. The fraction of sp³-hybridized carbons (Fsp3) is 0.440. The molecule has 1 atom stereocenters. The average Bonchev–Trinajstić information content (AvgIpc) is 3.22. The Morgan fingerprint density at radius 3 is 3.00 bits per heavy atom. The first-order valence-electron chi connectivity index (χ1n) is 11.5. The van der Waals surface area contributed by atoms with Gasteiger partial charge >= 0.3 is 0 Å². The summed E-state index contributed by atoms with van der Waals surface area (Å²) < 4.78 is 5.65. The van der Waals surface area contributed by atoms with Crippen LogP contribution >= 0.6 is 24.0 Å². The van der Waals surface area contributed by atoms with Crippen LogP contribution in [-0.4, -0.2) is 54.8 Å². The first kappa shape index (κ1) is 25.3. The highest BCUT2D eigenvalue weighted by Gasteiger charge is 2.18. The number of nitrogens with zero attached hydrogens (tertiary/aromatic N) is 3. The maximum absolute atomic E-state index is 5.65. The SMILES string of the molecule is CCNC(=NCc1ccnc(N2CCOC(C)C2)c1)NCCc1c[nH]c2cccc(C)c12.I. The van der Waals surface area contributed by atoms with Crippen molar-refractivity contribution in [2.24, 2.45) is 4.99 Å². The van der Waals surface area contributed by atoms with E-state index in [1.807, 2.05) is 12.3 Å². The predicted octanol–water partition coefficient (Wildman–Crippen LogP) is 4.01. The number of anilines is 1. The van der Waals surface area contributed by atoms with Gasteiger partial charge in [-0.15, -0.1) is 24.0 Å². The number of aromatic amines is 1. The Labute approximate surface area is 213 Å². The highest BCUT2D eigenvalue weighted by molar-refractivity contribution is 14.0. The molecule has 0 bridgehead atoms. The van der Waals surface area contributed by atoms with Crippen LogP contribution in [0.2, 0.25) is 0 Å². The molecule has 3 heterocycles. The Hall–Kier alpha value is -2.33. The monoisotopic (exact) mass is 562 g/mol. The maximum atomic E-state index is 5.65. The molecule has 0 aliphatic carbocycles. The Balaban J connectivity index is 0.00000306. The number of halogens is 1. The molecular formula is C25H35IN6O. The summed E-state index contributed by atoms with van der Waals surface area (Å²) in [4.78, 5) is 15.0. The highest BCUT2D eigenvalue weighted by Crippen LogP contribution is 2.22. The number of rotatable bonds is 7. The number of nitrogens with one attached hydrogen (secondary N) is 3. The number of morpholine rings is 1. The normalized spacial score (nSPS) is 16.5. The van der Waals surface area contributed by atoms with Crippen molar-refractivity contribution in [1.82, 2.24) is 20.6 Å². The summed E-state index contributed by atoms with van der Waals surface area (Å²) in [6.07, 6.45) is 5.16. The second kappa shape index (κ2) is 12.2. The second-order valence-corrected chi connectivity index (χ2v) is 8.33. The molecule has 1 saturated heterocycles. The van der Waals surface area contributed by atoms with Crippen LogP contribution in [0.3, 0.4) is 0 Å². The van der Waals surface area contributed by atoms with Crippen LogP contribution in [0.4, 0.5) is 5.82 Å². The molecule has 1 aliphatic rings. The largest absolute Gasteiger partial charge is 0.375 e. The van der Waals surface area contributed by atoms with Gasteiger partial charge in [-0.1, -0.05) is 12.1 Å². The molecule has 1 fully saturated rings. The summed E-state index contributed by atoms with van der Waals surface area (Å²) in [6, 6.07) is 10.6. The van der Waals surface area contributed by atoms with Gasteiger partial charge in [0.05, 0.1) is 19.3 Å². The number of aryl methyl sites for hydroxylation is 1. The first-order valence-corrected chi connectivity index (χ1v) is 11.5. The second-order valence-electron chi connectivity index (χ2n) is 8.33. The van der Waals surface area contributed by atoms with E-state index in [2.05, 4.69) is 76.7 Å². The number of fused-ring (bicyclic) bond motifs is 1. The van der Waals surface area contributed by atoms with Gasteiger partial charge in [-0.05, 0) is 62.1 Å². The van der Waals surface area contributed by atoms with Crippen LogP contribution in [0.15, 0.2) is 47.7 Å². The summed E-state index contributed by atoms with van der Waals surface area (Å²) in [6.45, 7) is 11.1. The molecule has 0 amide bonds. The summed E-state index contributed by atoms with van der Waals surface area (Å²) in [5, 5.41) is 8.16. The van der Waals surface area contributed by atoms with Crippen LogP contribution in [0.5, 0.6) is 0 Å². The molecule has 1 aromatic carbocycles. The van der Waals surface area contributed by atoms with Crippen molar-refractivity contribution in [3.8, 4) is 0 Å². The van der Waals surface area contributed by atoms with Crippen molar-refractivity contribution in [3.05, 3.63) is 59.4 Å². The van der Waals surface area contributed by atoms with Gasteiger partial charge < -0.3 is 25.3 Å². The van der Waals surface area contributed by atoms with E-state index in [0.29, 0.717) is 6.54 Å². The number of aromatic nitrogens is 2. The number of H-pyrrole nitrogens is 1. The number of hydrogen-bond acceptors (Lipinski definition) is 4. The fourth-order valence-electron chi connectivity index (χ4n) is 4.23. The highest BCUT2D eigenvalue weighted by atomic mass is 127. The minimum atomic E-state index is 0. The van der Waals surface area contributed by atoms with Crippen molar-refractivity contribution in [1.29, 1.82) is 0 Å². The maximum Gasteiger partial charge on any atom is 0.191 e. The molecule has 0 saturated carbocycles. The van der Waals surface area contributed by atoms with Gasteiger partial charge in [-0.3, -0.25) is 0 Å². The van der Waals surface area contributed by atoms with Crippen LogP contribution in [0.1, 0.15) is 30.5 Å². The van der Waals surface area contributed by atoms with E-state index < -0.39 is 0 Å². The predicted molar refractivity (Wildman–Crippen MR) is 147 cm³/mol. The van der Waals surface area contributed by atoms with E-state index in [0.717, 1.165) is 56.5 Å². The number of ether oxygens (including phenoxy) is 1. The molecule has 2 aromatic heterocycles. The third-order valence-corrected chi connectivity index (χ3v) is 5.82. The third kappa shape index (κ3) is 6.60. The van der Waals surface area contributed by atoms with Crippen LogP contribution in [-0.2, 0) is 17.7 Å². The fourth-order valence-corrected chi connectivity index (χ4v) is 4.23. The number of pyridine rings is 1. The van der Waals surface area contributed by atoms with Gasteiger partial charge in [0, 0.05) is 49.5 Å². The molecule has 3 aromatic rings. The van der Waals surface area contributed by atoms with Gasteiger partial charge in [0.2, 0.25) is 0 Å². The summed E-state index contributed by atoms with van der Waals surface area (Å²) in [5.74, 6) is 1.84. The topological polar surface area (TPSA) is 77.6 Å². The molecular weight excluding hydrogens is 527 g/mol. The van der Waals surface area contributed by atoms with Crippen LogP contribution < -0.4 is 15.5 Å². The van der Waals surface area contributed by atoms with Gasteiger partial charge in [0.25, 0.3) is 0 Å².